The fourth-order valence-corrected chi connectivity index (χ4v) is 3.58. The van der Waals surface area contributed by atoms with Crippen LogP contribution in [0.15, 0.2) is 72.8 Å². The number of aryl methyl sites for hydroxylation is 1. The number of anilines is 2. The largest absolute Gasteiger partial charge is 0.459 e. The summed E-state index contributed by atoms with van der Waals surface area (Å²) in [6, 6.07) is 14.6. The molecule has 3 aromatic rings. The molecule has 0 aliphatic rings. The highest BCUT2D eigenvalue weighted by Gasteiger charge is 2.34. The van der Waals surface area contributed by atoms with Crippen LogP contribution in [-0.2, 0) is 26.8 Å². The predicted molar refractivity (Wildman–Crippen MR) is 142 cm³/mol. The van der Waals surface area contributed by atoms with Crippen molar-refractivity contribution in [1.29, 1.82) is 0 Å². The summed E-state index contributed by atoms with van der Waals surface area (Å²) < 4.78 is 80.7. The summed E-state index contributed by atoms with van der Waals surface area (Å²) in [5.41, 5.74) is 12.6. The Balaban J connectivity index is 1.43. The van der Waals surface area contributed by atoms with Crippen LogP contribution in [-0.4, -0.2) is 31.3 Å². The molecule has 0 saturated heterocycles. The summed E-state index contributed by atoms with van der Waals surface area (Å²) >= 11 is 0. The van der Waals surface area contributed by atoms with Gasteiger partial charge in [0.05, 0.1) is 11.1 Å². The Kier molecular flexibility index (Phi) is 10.3. The molecular weight excluding hydrogens is 551 g/mol. The topological polar surface area (TPSA) is 114 Å². The Hall–Kier alpha value is -4.61. The maximum atomic E-state index is 14.6. The number of hydrogen-bond donors (Lipinski definition) is 2. The standard InChI is InChI=1S/C29H27F5N2O5/c30-28(31,32)13-1-2-19-3-8-22(9-4-19)29(33,34)41-25-10-5-20(6-11-25)7-12-26(37)39-14-15-40-27(38)21-16-23(35)18-24(36)17-21/h3-12,16-18H,1-2,13-15,35-36H2/b12-7+. The smallest absolute Gasteiger partial charge is 0.426 e. The Bertz CT molecular complexity index is 1340. The fraction of sp³-hybridized carbons (Fsp3) is 0.241. The van der Waals surface area contributed by atoms with Gasteiger partial charge in [0.25, 0.3) is 0 Å². The molecule has 0 aliphatic carbocycles. The fourth-order valence-electron chi connectivity index (χ4n) is 3.58. The van der Waals surface area contributed by atoms with E-state index in [0.717, 1.165) is 18.2 Å². The number of halogens is 5. The number of carbonyl (C=O) groups excluding carboxylic acids is 2. The van der Waals surface area contributed by atoms with Gasteiger partial charge < -0.3 is 25.7 Å². The van der Waals surface area contributed by atoms with E-state index in [2.05, 4.69) is 0 Å². The molecule has 0 unspecified atom stereocenters. The third-order valence-corrected chi connectivity index (χ3v) is 5.53. The van der Waals surface area contributed by atoms with Gasteiger partial charge in [-0.15, -0.1) is 0 Å². The van der Waals surface area contributed by atoms with E-state index in [-0.39, 0.29) is 37.4 Å². The van der Waals surface area contributed by atoms with Gasteiger partial charge in [-0.05, 0) is 72.5 Å². The zero-order chi connectivity index (χ0) is 30.0. The highest BCUT2D eigenvalue weighted by molar-refractivity contribution is 5.91. The number of nitrogens with two attached hydrogens (primary N) is 2. The number of carbonyl (C=O) groups is 2. The maximum absolute atomic E-state index is 14.6. The lowest BCUT2D eigenvalue weighted by Crippen LogP contribution is -2.21. The SMILES string of the molecule is Nc1cc(N)cc(C(=O)OCCOC(=O)/C=C/c2ccc(OC(F)(F)c3ccc(CCCC(F)(F)F)cc3)cc2)c1. The molecule has 0 amide bonds. The van der Waals surface area contributed by atoms with Crippen molar-refractivity contribution in [3.63, 3.8) is 0 Å². The molecule has 41 heavy (non-hydrogen) atoms. The third-order valence-electron chi connectivity index (χ3n) is 5.53. The van der Waals surface area contributed by atoms with Crippen molar-refractivity contribution in [2.24, 2.45) is 0 Å². The number of hydrogen-bond acceptors (Lipinski definition) is 7. The molecule has 0 aliphatic heterocycles. The van der Waals surface area contributed by atoms with Crippen molar-refractivity contribution >= 4 is 29.4 Å². The van der Waals surface area contributed by atoms with Gasteiger partial charge in [-0.3, -0.25) is 0 Å². The molecule has 3 rings (SSSR count). The molecule has 0 atom stereocenters. The zero-order valence-electron chi connectivity index (χ0n) is 21.6. The van der Waals surface area contributed by atoms with Crippen LogP contribution in [0.3, 0.4) is 0 Å². The average Bonchev–Trinajstić information content (AvgIpc) is 2.89. The lowest BCUT2D eigenvalue weighted by atomic mass is 10.1. The van der Waals surface area contributed by atoms with Crippen molar-refractivity contribution < 1.29 is 45.8 Å². The Morgan fingerprint density at radius 1 is 0.805 bits per heavy atom. The van der Waals surface area contributed by atoms with Gasteiger partial charge in [0.2, 0.25) is 0 Å². The molecule has 218 valence electrons. The molecule has 7 nitrogen and oxygen atoms in total. The predicted octanol–water partition coefficient (Wildman–Crippen LogP) is 6.28. The lowest BCUT2D eigenvalue weighted by Gasteiger charge is -2.18. The van der Waals surface area contributed by atoms with Crippen LogP contribution in [0.1, 0.15) is 39.9 Å². The zero-order valence-corrected chi connectivity index (χ0v) is 21.6. The van der Waals surface area contributed by atoms with Gasteiger partial charge in [0.15, 0.2) is 0 Å². The molecule has 0 saturated carbocycles. The monoisotopic (exact) mass is 578 g/mol. The minimum absolute atomic E-state index is 0.113. The quantitative estimate of drug-likeness (QED) is 0.0855. The number of nitrogen functional groups attached to an aromatic ring is 2. The second-order valence-electron chi connectivity index (χ2n) is 8.88. The summed E-state index contributed by atoms with van der Waals surface area (Å²) in [7, 11) is 0. The van der Waals surface area contributed by atoms with Crippen LogP contribution < -0.4 is 16.2 Å². The van der Waals surface area contributed by atoms with E-state index in [1.54, 1.807) is 0 Å². The summed E-state index contributed by atoms with van der Waals surface area (Å²) in [4.78, 5) is 23.9. The first kappa shape index (κ1) is 30.9. The van der Waals surface area contributed by atoms with Crippen LogP contribution >= 0.6 is 0 Å². The van der Waals surface area contributed by atoms with Crippen molar-refractivity contribution in [2.45, 2.75) is 31.5 Å². The van der Waals surface area contributed by atoms with Crippen LogP contribution in [0.2, 0.25) is 0 Å². The first-order valence-electron chi connectivity index (χ1n) is 12.3. The third kappa shape index (κ3) is 10.5. The van der Waals surface area contributed by atoms with E-state index < -0.39 is 36.2 Å². The summed E-state index contributed by atoms with van der Waals surface area (Å²) in [5.74, 6) is -1.55. The van der Waals surface area contributed by atoms with Gasteiger partial charge in [-0.2, -0.15) is 22.0 Å². The Morgan fingerprint density at radius 2 is 1.41 bits per heavy atom. The van der Waals surface area contributed by atoms with E-state index in [1.807, 2.05) is 0 Å². The normalized spacial score (nSPS) is 11.8. The van der Waals surface area contributed by atoms with Crippen molar-refractivity contribution in [3.05, 3.63) is 95.1 Å². The number of rotatable bonds is 12. The van der Waals surface area contributed by atoms with Crippen molar-refractivity contribution in [2.75, 3.05) is 24.7 Å². The first-order valence-corrected chi connectivity index (χ1v) is 12.3. The molecule has 0 heterocycles. The van der Waals surface area contributed by atoms with Crippen molar-refractivity contribution in [1.82, 2.24) is 0 Å². The van der Waals surface area contributed by atoms with Crippen LogP contribution in [0.4, 0.5) is 33.3 Å². The van der Waals surface area contributed by atoms with E-state index in [9.17, 15) is 31.5 Å². The maximum Gasteiger partial charge on any atom is 0.426 e. The molecular formula is C29H27F5N2O5. The first-order chi connectivity index (χ1) is 19.3. The molecule has 0 radical (unpaired) electrons. The van der Waals surface area contributed by atoms with Crippen molar-refractivity contribution in [3.8, 4) is 5.75 Å². The van der Waals surface area contributed by atoms with Gasteiger partial charge in [0, 0.05) is 23.9 Å². The molecule has 3 aromatic carbocycles. The van der Waals surface area contributed by atoms with E-state index >= 15 is 0 Å². The second-order valence-corrected chi connectivity index (χ2v) is 8.88. The molecule has 0 aromatic heterocycles. The number of ether oxygens (including phenoxy) is 3. The lowest BCUT2D eigenvalue weighted by molar-refractivity contribution is -0.185. The van der Waals surface area contributed by atoms with Gasteiger partial charge in [0.1, 0.15) is 19.0 Å². The molecule has 12 heteroatoms. The number of benzene rings is 3. The van der Waals surface area contributed by atoms with Crippen LogP contribution in [0, 0.1) is 0 Å². The van der Waals surface area contributed by atoms with Gasteiger partial charge in [-0.25, -0.2) is 9.59 Å². The van der Waals surface area contributed by atoms with E-state index in [0.29, 0.717) is 22.5 Å². The van der Waals surface area contributed by atoms with Gasteiger partial charge in [-0.1, -0.05) is 24.3 Å². The minimum Gasteiger partial charge on any atom is -0.459 e. The second kappa shape index (κ2) is 13.6. The number of alkyl halides is 5. The average molecular weight is 579 g/mol. The Morgan fingerprint density at radius 3 is 2.02 bits per heavy atom. The summed E-state index contributed by atoms with van der Waals surface area (Å²) in [6.45, 7) is -0.405. The molecule has 0 fully saturated rings. The molecule has 0 bridgehead atoms. The summed E-state index contributed by atoms with van der Waals surface area (Å²) in [6.07, 6.45) is -6.41. The van der Waals surface area contributed by atoms with Gasteiger partial charge >= 0.3 is 24.2 Å². The van der Waals surface area contributed by atoms with E-state index in [4.69, 9.17) is 25.7 Å². The Labute approximate surface area is 232 Å². The molecule has 4 N–H and O–H groups in total. The summed E-state index contributed by atoms with van der Waals surface area (Å²) in [5, 5.41) is 0. The molecule has 0 spiro atoms. The highest BCUT2D eigenvalue weighted by atomic mass is 19.4. The van der Waals surface area contributed by atoms with E-state index in [1.165, 1.54) is 60.7 Å². The highest BCUT2D eigenvalue weighted by Crippen LogP contribution is 2.32. The minimum atomic E-state index is -4.26. The van der Waals surface area contributed by atoms with Crippen LogP contribution in [0.25, 0.3) is 6.08 Å². The number of esters is 2. The van der Waals surface area contributed by atoms with Crippen LogP contribution in [0.5, 0.6) is 5.75 Å².